The number of carboxylic acids is 1. The summed E-state index contributed by atoms with van der Waals surface area (Å²) < 4.78 is 0. The molecule has 0 unspecified atom stereocenters. The van der Waals surface area contributed by atoms with Gasteiger partial charge in [0.25, 0.3) is 0 Å². The van der Waals surface area contributed by atoms with Gasteiger partial charge in [-0.1, -0.05) is 44.2 Å². The first-order valence-electron chi connectivity index (χ1n) is 6.28. The third-order valence-corrected chi connectivity index (χ3v) is 2.76. The van der Waals surface area contributed by atoms with Crippen LogP contribution < -0.4 is 5.32 Å². The largest absolute Gasteiger partial charge is 0.478 e. The number of carbonyl (C=O) groups is 1. The molecule has 3 nitrogen and oxygen atoms in total. The summed E-state index contributed by atoms with van der Waals surface area (Å²) >= 11 is 0. The first-order chi connectivity index (χ1) is 8.59. The highest BCUT2D eigenvalue weighted by Gasteiger charge is 1.98. The lowest BCUT2D eigenvalue weighted by molar-refractivity contribution is -0.131. The molecule has 2 N–H and O–H groups in total. The summed E-state index contributed by atoms with van der Waals surface area (Å²) in [6, 6.07) is 8.66. The molecule has 1 rings (SSSR count). The van der Waals surface area contributed by atoms with Crippen LogP contribution in [0, 0.1) is 0 Å². The van der Waals surface area contributed by atoms with Gasteiger partial charge in [-0.3, -0.25) is 0 Å². The van der Waals surface area contributed by atoms with E-state index in [0.29, 0.717) is 12.5 Å². The summed E-state index contributed by atoms with van der Waals surface area (Å²) in [4.78, 5) is 10.2. The minimum Gasteiger partial charge on any atom is -0.478 e. The molecule has 0 aromatic heterocycles. The van der Waals surface area contributed by atoms with Gasteiger partial charge in [0.2, 0.25) is 0 Å². The van der Waals surface area contributed by atoms with Crippen LogP contribution in [0.5, 0.6) is 0 Å². The zero-order valence-electron chi connectivity index (χ0n) is 11.0. The normalized spacial score (nSPS) is 11.3. The molecule has 0 aliphatic rings. The van der Waals surface area contributed by atoms with E-state index in [1.54, 1.807) is 6.08 Å². The number of rotatable bonds is 7. The molecule has 0 radical (unpaired) electrons. The Hall–Kier alpha value is -1.61. The molecule has 0 spiro atoms. The van der Waals surface area contributed by atoms with E-state index in [1.165, 1.54) is 11.1 Å². The van der Waals surface area contributed by atoms with Crippen LogP contribution >= 0.6 is 0 Å². The van der Waals surface area contributed by atoms with Gasteiger partial charge in [-0.25, -0.2) is 4.79 Å². The van der Waals surface area contributed by atoms with Crippen molar-refractivity contribution in [3.05, 3.63) is 47.5 Å². The van der Waals surface area contributed by atoms with Crippen molar-refractivity contribution in [2.45, 2.75) is 26.2 Å². The quantitative estimate of drug-likeness (QED) is 0.575. The molecule has 1 aromatic rings. The fraction of sp³-hybridized carbons (Fsp3) is 0.400. The molecule has 18 heavy (non-hydrogen) atoms. The van der Waals surface area contributed by atoms with Crippen LogP contribution in [0.2, 0.25) is 0 Å². The summed E-state index contributed by atoms with van der Waals surface area (Å²) in [5.74, 6) is -0.334. The van der Waals surface area contributed by atoms with Crippen molar-refractivity contribution in [1.82, 2.24) is 5.32 Å². The summed E-state index contributed by atoms with van der Waals surface area (Å²) in [7, 11) is 0. The van der Waals surface area contributed by atoms with Gasteiger partial charge in [-0.15, -0.1) is 0 Å². The molecule has 0 atom stereocenters. The topological polar surface area (TPSA) is 49.3 Å². The molecule has 0 saturated heterocycles. The number of hydrogen-bond acceptors (Lipinski definition) is 2. The lowest BCUT2D eigenvalue weighted by atomic mass is 10.0. The molecule has 0 aliphatic carbocycles. The Morgan fingerprint density at radius 3 is 2.56 bits per heavy atom. The van der Waals surface area contributed by atoms with Crippen LogP contribution in [0.15, 0.2) is 36.4 Å². The average Bonchev–Trinajstić information content (AvgIpc) is 2.34. The molecule has 0 saturated carbocycles. The SMILES string of the molecule is CC(C)c1ccc(CCNC/C=C/C(=O)O)cc1. The predicted octanol–water partition coefficient (Wildman–Crippen LogP) is 2.58. The van der Waals surface area contributed by atoms with E-state index >= 15 is 0 Å². The van der Waals surface area contributed by atoms with Crippen molar-refractivity contribution >= 4 is 5.97 Å². The van der Waals surface area contributed by atoms with Crippen molar-refractivity contribution in [2.75, 3.05) is 13.1 Å². The average molecular weight is 247 g/mol. The fourth-order valence-corrected chi connectivity index (χ4v) is 1.65. The number of nitrogens with one attached hydrogen (secondary N) is 1. The van der Waals surface area contributed by atoms with Gasteiger partial charge in [0.05, 0.1) is 0 Å². The Morgan fingerprint density at radius 2 is 2.00 bits per heavy atom. The highest BCUT2D eigenvalue weighted by Crippen LogP contribution is 2.14. The number of benzene rings is 1. The summed E-state index contributed by atoms with van der Waals surface area (Å²) in [5, 5.41) is 11.6. The van der Waals surface area contributed by atoms with Gasteiger partial charge < -0.3 is 10.4 Å². The monoisotopic (exact) mass is 247 g/mol. The molecule has 98 valence electrons. The predicted molar refractivity (Wildman–Crippen MR) is 73.9 cm³/mol. The van der Waals surface area contributed by atoms with E-state index in [4.69, 9.17) is 5.11 Å². The van der Waals surface area contributed by atoms with E-state index in [1.807, 2.05) is 0 Å². The van der Waals surface area contributed by atoms with Crippen LogP contribution in [-0.4, -0.2) is 24.2 Å². The van der Waals surface area contributed by atoms with E-state index < -0.39 is 5.97 Å². The second-order valence-electron chi connectivity index (χ2n) is 4.59. The van der Waals surface area contributed by atoms with Crippen LogP contribution in [0.4, 0.5) is 0 Å². The number of carboxylic acid groups (broad SMARTS) is 1. The van der Waals surface area contributed by atoms with Gasteiger partial charge in [0.15, 0.2) is 0 Å². The van der Waals surface area contributed by atoms with E-state index in [9.17, 15) is 4.79 Å². The van der Waals surface area contributed by atoms with Crippen molar-refractivity contribution in [3.63, 3.8) is 0 Å². The minimum atomic E-state index is -0.902. The van der Waals surface area contributed by atoms with E-state index in [0.717, 1.165) is 19.0 Å². The molecule has 0 fully saturated rings. The first-order valence-corrected chi connectivity index (χ1v) is 6.28. The third-order valence-electron chi connectivity index (χ3n) is 2.76. The lowest BCUT2D eigenvalue weighted by Gasteiger charge is -2.07. The molecule has 3 heteroatoms. The number of hydrogen-bond donors (Lipinski definition) is 2. The maximum absolute atomic E-state index is 10.2. The Labute approximate surface area is 109 Å². The van der Waals surface area contributed by atoms with Crippen molar-refractivity contribution < 1.29 is 9.90 Å². The molecule has 1 aromatic carbocycles. The Bertz CT molecular complexity index is 393. The van der Waals surface area contributed by atoms with Gasteiger partial charge in [0, 0.05) is 12.6 Å². The molecule has 0 amide bonds. The summed E-state index contributed by atoms with van der Waals surface area (Å²) in [5.41, 5.74) is 2.66. The van der Waals surface area contributed by atoms with Gasteiger partial charge >= 0.3 is 5.97 Å². The van der Waals surface area contributed by atoms with Crippen LogP contribution in [-0.2, 0) is 11.2 Å². The zero-order chi connectivity index (χ0) is 13.4. The highest BCUT2D eigenvalue weighted by molar-refractivity contribution is 5.79. The summed E-state index contributed by atoms with van der Waals surface area (Å²) in [6.07, 6.45) is 3.73. The van der Waals surface area contributed by atoms with E-state index in [2.05, 4.69) is 43.4 Å². The number of aliphatic carboxylic acids is 1. The first kappa shape index (κ1) is 14.5. The molecular weight excluding hydrogens is 226 g/mol. The van der Waals surface area contributed by atoms with E-state index in [-0.39, 0.29) is 0 Å². The highest BCUT2D eigenvalue weighted by atomic mass is 16.4. The Kier molecular flexibility index (Phi) is 6.15. The minimum absolute atomic E-state index is 0.568. The van der Waals surface area contributed by atoms with Crippen LogP contribution in [0.1, 0.15) is 30.9 Å². The fourth-order valence-electron chi connectivity index (χ4n) is 1.65. The smallest absolute Gasteiger partial charge is 0.328 e. The summed E-state index contributed by atoms with van der Waals surface area (Å²) in [6.45, 7) is 5.82. The Balaban J connectivity index is 2.25. The van der Waals surface area contributed by atoms with Gasteiger partial charge in [-0.05, 0) is 30.0 Å². The maximum Gasteiger partial charge on any atom is 0.328 e. The molecule has 0 heterocycles. The Morgan fingerprint density at radius 1 is 1.33 bits per heavy atom. The third kappa shape index (κ3) is 5.64. The lowest BCUT2D eigenvalue weighted by Crippen LogP contribution is -2.17. The van der Waals surface area contributed by atoms with Crippen molar-refractivity contribution in [3.8, 4) is 0 Å². The van der Waals surface area contributed by atoms with Crippen molar-refractivity contribution in [2.24, 2.45) is 0 Å². The standard InChI is InChI=1S/C15H21NO2/c1-12(2)14-7-5-13(6-8-14)9-11-16-10-3-4-15(17)18/h3-8,12,16H,9-11H2,1-2H3,(H,17,18)/b4-3+. The van der Waals surface area contributed by atoms with Gasteiger partial charge in [-0.2, -0.15) is 0 Å². The van der Waals surface area contributed by atoms with Crippen LogP contribution in [0.25, 0.3) is 0 Å². The van der Waals surface area contributed by atoms with Crippen molar-refractivity contribution in [1.29, 1.82) is 0 Å². The molecule has 0 aliphatic heterocycles. The second kappa shape index (κ2) is 7.67. The zero-order valence-corrected chi connectivity index (χ0v) is 11.0. The second-order valence-corrected chi connectivity index (χ2v) is 4.59. The molecule has 0 bridgehead atoms. The van der Waals surface area contributed by atoms with Crippen LogP contribution in [0.3, 0.4) is 0 Å². The van der Waals surface area contributed by atoms with Gasteiger partial charge in [0.1, 0.15) is 0 Å². The maximum atomic E-state index is 10.2. The molecular formula is C15H21NO2.